The number of hydrogen-bond acceptors (Lipinski definition) is 6. The number of rotatable bonds is 4. The molecular formula is C17H25Cl2N7O. The van der Waals surface area contributed by atoms with Gasteiger partial charge in [0.25, 0.3) is 0 Å². The van der Waals surface area contributed by atoms with Crippen molar-refractivity contribution in [1.29, 1.82) is 0 Å². The van der Waals surface area contributed by atoms with Crippen molar-refractivity contribution in [2.45, 2.75) is 25.4 Å². The second-order valence-electron chi connectivity index (χ2n) is 6.59. The summed E-state index contributed by atoms with van der Waals surface area (Å²) in [5, 5.41) is 15.4. The number of tetrazole rings is 1. The molecule has 1 aromatic carbocycles. The molecule has 3 heterocycles. The fourth-order valence-electron chi connectivity index (χ4n) is 3.52. The van der Waals surface area contributed by atoms with E-state index in [1.807, 2.05) is 35.2 Å². The second-order valence-corrected chi connectivity index (χ2v) is 6.59. The molecule has 10 heteroatoms. The highest BCUT2D eigenvalue weighted by atomic mass is 35.5. The molecule has 1 atom stereocenters. The summed E-state index contributed by atoms with van der Waals surface area (Å²) in [5.74, 6) is 1.08. The number of halogens is 2. The number of amides is 1. The zero-order valence-electron chi connectivity index (χ0n) is 15.0. The highest BCUT2D eigenvalue weighted by Gasteiger charge is 2.29. The molecule has 2 fully saturated rings. The van der Waals surface area contributed by atoms with Crippen LogP contribution in [0.2, 0.25) is 0 Å². The van der Waals surface area contributed by atoms with Gasteiger partial charge in [-0.2, -0.15) is 4.68 Å². The molecule has 0 aliphatic carbocycles. The maximum absolute atomic E-state index is 12.5. The molecule has 1 N–H and O–H groups in total. The predicted octanol–water partition coefficient (Wildman–Crippen LogP) is 0.902. The number of benzene rings is 1. The van der Waals surface area contributed by atoms with Gasteiger partial charge in [-0.05, 0) is 41.9 Å². The second kappa shape index (κ2) is 9.98. The lowest BCUT2D eigenvalue weighted by Gasteiger charge is -2.35. The van der Waals surface area contributed by atoms with Crippen LogP contribution in [0.5, 0.6) is 0 Å². The summed E-state index contributed by atoms with van der Waals surface area (Å²) in [4.78, 5) is 16.8. The fraction of sp³-hybridized carbons (Fsp3) is 0.529. The number of hydrogen-bond donors (Lipinski definition) is 1. The van der Waals surface area contributed by atoms with Crippen molar-refractivity contribution in [3.8, 4) is 5.69 Å². The lowest BCUT2D eigenvalue weighted by Crippen LogP contribution is -2.52. The molecule has 2 aliphatic rings. The third-order valence-corrected chi connectivity index (χ3v) is 4.94. The van der Waals surface area contributed by atoms with Crippen LogP contribution in [-0.4, -0.2) is 74.7 Å². The minimum atomic E-state index is 0. The first-order valence-corrected chi connectivity index (χ1v) is 8.88. The van der Waals surface area contributed by atoms with Crippen LogP contribution < -0.4 is 5.32 Å². The zero-order chi connectivity index (χ0) is 17.1. The Kier molecular flexibility index (Phi) is 7.97. The lowest BCUT2D eigenvalue weighted by atomic mass is 10.2. The van der Waals surface area contributed by atoms with E-state index in [0.29, 0.717) is 6.54 Å². The largest absolute Gasteiger partial charge is 0.339 e. The van der Waals surface area contributed by atoms with Crippen LogP contribution in [-0.2, 0) is 11.3 Å². The summed E-state index contributed by atoms with van der Waals surface area (Å²) >= 11 is 0. The van der Waals surface area contributed by atoms with E-state index in [4.69, 9.17) is 0 Å². The predicted molar refractivity (Wildman–Crippen MR) is 107 cm³/mol. The molecule has 4 rings (SSSR count). The van der Waals surface area contributed by atoms with Crippen LogP contribution in [0.15, 0.2) is 30.3 Å². The maximum atomic E-state index is 12.5. The molecule has 0 saturated carbocycles. The van der Waals surface area contributed by atoms with Crippen molar-refractivity contribution in [3.05, 3.63) is 36.2 Å². The van der Waals surface area contributed by atoms with Crippen LogP contribution in [0.4, 0.5) is 0 Å². The minimum absolute atomic E-state index is 0. The van der Waals surface area contributed by atoms with E-state index in [-0.39, 0.29) is 36.8 Å². The van der Waals surface area contributed by atoms with Gasteiger partial charge in [0.15, 0.2) is 5.82 Å². The number of carbonyl (C=O) groups is 1. The molecule has 148 valence electrons. The standard InChI is InChI=1S/C17H23N7O.2ClH/c25-17(15-7-4-8-18-15)23-11-9-22(10-12-23)13-16-19-20-21-24(16)14-5-2-1-3-6-14;;/h1-3,5-6,15,18H,4,7-13H2;2*1H. The number of nitrogens with one attached hydrogen (secondary N) is 1. The quantitative estimate of drug-likeness (QED) is 0.801. The smallest absolute Gasteiger partial charge is 0.239 e. The van der Waals surface area contributed by atoms with Gasteiger partial charge < -0.3 is 10.2 Å². The van der Waals surface area contributed by atoms with E-state index in [2.05, 4.69) is 25.7 Å². The molecule has 0 radical (unpaired) electrons. The Balaban J connectivity index is 0.00000131. The van der Waals surface area contributed by atoms with Crippen molar-refractivity contribution < 1.29 is 4.79 Å². The summed E-state index contributed by atoms with van der Waals surface area (Å²) < 4.78 is 1.78. The number of carbonyl (C=O) groups excluding carboxylic acids is 1. The van der Waals surface area contributed by atoms with E-state index in [1.54, 1.807) is 4.68 Å². The first-order chi connectivity index (χ1) is 12.3. The molecular weight excluding hydrogens is 389 g/mol. The number of aromatic nitrogens is 4. The van der Waals surface area contributed by atoms with Crippen molar-refractivity contribution in [3.63, 3.8) is 0 Å². The van der Waals surface area contributed by atoms with Gasteiger partial charge in [-0.15, -0.1) is 29.9 Å². The molecule has 1 amide bonds. The summed E-state index contributed by atoms with van der Waals surface area (Å²) in [6.45, 7) is 4.87. The van der Waals surface area contributed by atoms with Gasteiger partial charge in [0.1, 0.15) is 0 Å². The number of para-hydroxylation sites is 1. The fourth-order valence-corrected chi connectivity index (χ4v) is 3.52. The monoisotopic (exact) mass is 413 g/mol. The molecule has 8 nitrogen and oxygen atoms in total. The van der Waals surface area contributed by atoms with Gasteiger partial charge in [0.2, 0.25) is 5.91 Å². The van der Waals surface area contributed by atoms with Gasteiger partial charge in [-0.25, -0.2) is 0 Å². The summed E-state index contributed by atoms with van der Waals surface area (Å²) in [5.41, 5.74) is 0.962. The zero-order valence-corrected chi connectivity index (χ0v) is 16.7. The topological polar surface area (TPSA) is 79.2 Å². The van der Waals surface area contributed by atoms with Gasteiger partial charge >= 0.3 is 0 Å². The number of nitrogens with zero attached hydrogens (tertiary/aromatic N) is 6. The first kappa shape index (κ1) is 21.6. The molecule has 1 unspecified atom stereocenters. The molecule has 1 aromatic heterocycles. The Morgan fingerprint density at radius 2 is 1.85 bits per heavy atom. The average molecular weight is 414 g/mol. The summed E-state index contributed by atoms with van der Waals surface area (Å²) in [6, 6.07) is 9.93. The molecule has 0 bridgehead atoms. The molecule has 0 spiro atoms. The average Bonchev–Trinajstić information content (AvgIpc) is 3.35. The van der Waals surface area contributed by atoms with Gasteiger partial charge in [-0.1, -0.05) is 18.2 Å². The van der Waals surface area contributed by atoms with Crippen molar-refractivity contribution in [2.75, 3.05) is 32.7 Å². The Morgan fingerprint density at radius 3 is 2.52 bits per heavy atom. The van der Waals surface area contributed by atoms with E-state index < -0.39 is 0 Å². The molecule has 2 saturated heterocycles. The van der Waals surface area contributed by atoms with Crippen molar-refractivity contribution in [2.24, 2.45) is 0 Å². The van der Waals surface area contributed by atoms with Crippen LogP contribution >= 0.6 is 24.8 Å². The van der Waals surface area contributed by atoms with Crippen LogP contribution in [0, 0.1) is 0 Å². The Hall–Kier alpha value is -1.74. The minimum Gasteiger partial charge on any atom is -0.339 e. The highest BCUT2D eigenvalue weighted by molar-refractivity contribution is 5.85. The van der Waals surface area contributed by atoms with E-state index in [9.17, 15) is 4.79 Å². The summed E-state index contributed by atoms with van der Waals surface area (Å²) in [7, 11) is 0. The molecule has 2 aliphatic heterocycles. The maximum Gasteiger partial charge on any atom is 0.239 e. The van der Waals surface area contributed by atoms with Gasteiger partial charge in [0, 0.05) is 26.2 Å². The van der Waals surface area contributed by atoms with E-state index >= 15 is 0 Å². The highest BCUT2D eigenvalue weighted by Crippen LogP contribution is 2.13. The third-order valence-electron chi connectivity index (χ3n) is 4.94. The first-order valence-electron chi connectivity index (χ1n) is 8.88. The van der Waals surface area contributed by atoms with E-state index in [0.717, 1.165) is 57.1 Å². The van der Waals surface area contributed by atoms with E-state index in [1.165, 1.54) is 0 Å². The molecule has 27 heavy (non-hydrogen) atoms. The normalized spacial score (nSPS) is 20.0. The summed E-state index contributed by atoms with van der Waals surface area (Å²) in [6.07, 6.45) is 2.06. The van der Waals surface area contributed by atoms with Crippen molar-refractivity contribution >= 4 is 30.7 Å². The van der Waals surface area contributed by atoms with Crippen LogP contribution in [0.1, 0.15) is 18.7 Å². The lowest BCUT2D eigenvalue weighted by molar-refractivity contribution is -0.134. The Labute approximate surface area is 171 Å². The SMILES string of the molecule is Cl.Cl.O=C(C1CCCN1)N1CCN(Cc2nnnn2-c2ccccc2)CC1. The molecule has 2 aromatic rings. The Morgan fingerprint density at radius 1 is 1.11 bits per heavy atom. The van der Waals surface area contributed by atoms with Gasteiger partial charge in [0.05, 0.1) is 18.3 Å². The third kappa shape index (κ3) is 4.95. The Bertz CT molecular complexity index is 713. The van der Waals surface area contributed by atoms with Crippen LogP contribution in [0.3, 0.4) is 0 Å². The van der Waals surface area contributed by atoms with Crippen molar-refractivity contribution in [1.82, 2.24) is 35.3 Å². The number of piperazine rings is 1. The van der Waals surface area contributed by atoms with Crippen LogP contribution in [0.25, 0.3) is 5.69 Å². The van der Waals surface area contributed by atoms with Gasteiger partial charge in [-0.3, -0.25) is 9.69 Å².